The lowest BCUT2D eigenvalue weighted by atomic mass is 9.75. The molecule has 0 saturated carbocycles. The third-order valence-corrected chi connectivity index (χ3v) is 28.6. The number of nitrogens with zero attached hydrogens (tertiary/aromatic N) is 6. The lowest BCUT2D eigenvalue weighted by molar-refractivity contribution is 0.00578. The van der Waals surface area contributed by atoms with Crippen molar-refractivity contribution in [3.63, 3.8) is 0 Å². The molecule has 1 saturated heterocycles. The van der Waals surface area contributed by atoms with Crippen LogP contribution in [0.2, 0.25) is 5.28 Å². The van der Waals surface area contributed by atoms with Crippen molar-refractivity contribution in [2.45, 2.75) is 59.2 Å². The van der Waals surface area contributed by atoms with E-state index in [1.54, 1.807) is 0 Å². The first kappa shape index (κ1) is 79.9. The summed E-state index contributed by atoms with van der Waals surface area (Å²) >= 11 is 6.11. The summed E-state index contributed by atoms with van der Waals surface area (Å²) in [6.45, 7) is 8.33. The number of hydrogen-bond acceptors (Lipinski definition) is 10. The van der Waals surface area contributed by atoms with E-state index in [0.29, 0.717) is 29.1 Å². The van der Waals surface area contributed by atoms with Crippen molar-refractivity contribution in [1.29, 1.82) is 0 Å². The predicted molar refractivity (Wildman–Crippen MR) is 497 cm³/mol. The molecule has 14 heteroatoms. The molecule has 0 amide bonds. The summed E-state index contributed by atoms with van der Waals surface area (Å²) in [5, 5.41) is 9.64. The van der Waals surface area contributed by atoms with Gasteiger partial charge in [0.2, 0.25) is 5.28 Å². The van der Waals surface area contributed by atoms with Gasteiger partial charge in [0.25, 0.3) is 0 Å². The summed E-state index contributed by atoms with van der Waals surface area (Å²) in [5.74, 6) is 2.98. The number of hydrogen-bond donors (Lipinski definition) is 0. The van der Waals surface area contributed by atoms with Crippen molar-refractivity contribution in [3.8, 4) is 101 Å². The Kier molecular flexibility index (Phi) is 23.5. The standard InChI is InChI=1S/C49H34N3OP.C34H34BO3P.C21H14ClN3.CH4/c53-54(40-19-9-3-10-20-40,41-21-11-4-12-22-41)42-31-29-37(30-32-42)43-33-34-46(45-24-14-13-23-44(43)45)49-51-47(38-17-7-2-8-18-38)50-48(52-49)39-27-25-36(26-28-39)35-15-5-1-6-16-35;1-33(2)34(3,4)38-35(37-33)32-24-23-29(30-17-11-12-18-31(30)32)25-19-21-28(22-20-25)39(36,26-13-7-5-8-14-26)27-15-9-6-10-16-27;22-21-24-19(17-9-5-2-6-10-17)23-20(25-21)18-13-11-16(12-14-18)15-7-3-1-4-8-15;/h1-34H;5,7-9,11-24H,6,10H2,1-4H3;1-14H;1H4. The average Bonchev–Trinajstić information content (AvgIpc) is 1.69. The fourth-order valence-electron chi connectivity index (χ4n) is 15.3. The summed E-state index contributed by atoms with van der Waals surface area (Å²) in [6, 6.07) is 128. The fourth-order valence-corrected chi connectivity index (χ4v) is 20.8. The molecule has 0 radical (unpaired) electrons. The number of allylic oxidation sites excluding steroid dienone is 4. The topological polar surface area (TPSA) is 130 Å². The monoisotopic (exact) mass is 1600 g/mol. The fraction of sp³-hybridized carbons (Fsp3) is 0.0857. The van der Waals surface area contributed by atoms with Gasteiger partial charge in [-0.3, -0.25) is 0 Å². The van der Waals surface area contributed by atoms with Crippen LogP contribution in [0.3, 0.4) is 0 Å². The van der Waals surface area contributed by atoms with E-state index in [-0.39, 0.29) is 12.7 Å². The third-order valence-electron chi connectivity index (χ3n) is 22.2. The van der Waals surface area contributed by atoms with Crippen molar-refractivity contribution in [3.05, 3.63) is 411 Å². The molecule has 2 aromatic heterocycles. The second kappa shape index (κ2) is 35.1. The van der Waals surface area contributed by atoms with E-state index < -0.39 is 32.6 Å². The number of aromatic nitrogens is 6. The van der Waals surface area contributed by atoms with E-state index in [9.17, 15) is 4.57 Å². The highest BCUT2D eigenvalue weighted by Crippen LogP contribution is 2.54. The van der Waals surface area contributed by atoms with Gasteiger partial charge in [-0.2, -0.15) is 9.97 Å². The molecule has 1 fully saturated rings. The largest absolute Gasteiger partial charge is 0.495 e. The Morgan fingerprint density at radius 3 is 0.983 bits per heavy atom. The first-order valence-corrected chi connectivity index (χ1v) is 43.4. The van der Waals surface area contributed by atoms with Gasteiger partial charge in [-0.25, -0.2) is 19.9 Å². The van der Waals surface area contributed by atoms with Gasteiger partial charge in [0.05, 0.1) is 11.2 Å². The Hall–Kier alpha value is -12.9. The highest BCUT2D eigenvalue weighted by atomic mass is 35.5. The zero-order chi connectivity index (χ0) is 80.6. The van der Waals surface area contributed by atoms with Gasteiger partial charge in [0.15, 0.2) is 43.4 Å². The minimum Gasteiger partial charge on any atom is -0.399 e. The minimum atomic E-state index is -3.09. The van der Waals surface area contributed by atoms with E-state index in [4.69, 9.17) is 35.9 Å². The Morgan fingerprint density at radius 1 is 0.286 bits per heavy atom. The molecular weight excluding hydrogens is 1520 g/mol. The maximum absolute atomic E-state index is 15.0. The molecule has 1 unspecified atom stereocenters. The van der Waals surface area contributed by atoms with Crippen molar-refractivity contribution >= 4 is 86.5 Å². The summed E-state index contributed by atoms with van der Waals surface area (Å²) in [4.78, 5) is 28.2. The molecule has 0 N–H and O–H groups in total. The smallest absolute Gasteiger partial charge is 0.399 e. The van der Waals surface area contributed by atoms with Crippen LogP contribution in [0.1, 0.15) is 48.0 Å². The molecular formula is C105H86BClN6O4P2. The Bertz CT molecular complexity index is 6540. The lowest BCUT2D eigenvalue weighted by Crippen LogP contribution is -2.41. The van der Waals surface area contributed by atoms with Crippen LogP contribution >= 0.6 is 25.9 Å². The molecule has 1 aliphatic heterocycles. The molecule has 0 bridgehead atoms. The molecule has 15 aromatic carbocycles. The summed E-state index contributed by atoms with van der Waals surface area (Å²) in [7, 11) is -6.48. The number of halogens is 1. The Labute approximate surface area is 701 Å². The summed E-state index contributed by atoms with van der Waals surface area (Å²) in [6.07, 6.45) is 8.23. The number of benzene rings is 15. The van der Waals surface area contributed by atoms with Crippen LogP contribution in [-0.2, 0) is 18.4 Å². The predicted octanol–water partition coefficient (Wildman–Crippen LogP) is 24.5. The number of rotatable bonds is 16. The molecule has 3 heterocycles. The minimum absolute atomic E-state index is 0. The molecule has 19 rings (SSSR count). The van der Waals surface area contributed by atoms with Crippen molar-refractivity contribution in [2.24, 2.45) is 0 Å². The average molecular weight is 1600 g/mol. The molecule has 1 atom stereocenters. The molecule has 119 heavy (non-hydrogen) atoms. The molecule has 10 nitrogen and oxygen atoms in total. The third kappa shape index (κ3) is 16.8. The molecule has 2 aliphatic rings. The maximum Gasteiger partial charge on any atom is 0.495 e. The van der Waals surface area contributed by atoms with Gasteiger partial charge < -0.3 is 18.4 Å². The summed E-state index contributed by atoms with van der Waals surface area (Å²) in [5.41, 5.74) is 13.8. The summed E-state index contributed by atoms with van der Waals surface area (Å²) < 4.78 is 42.6. The SMILES string of the molecule is C.CC1(C)OB(c2ccc(-c3ccc(P(=O)(C4=CCCC=C4)c4ccccc4)cc3)c3ccccc23)OC1(C)C.Clc1nc(-c2ccccc2)nc(-c2ccc(-c3ccccc3)cc2)n1.O=P(c1ccccc1)(c1ccccc1)c1ccc(-c2ccc(-c3nc(-c4ccccc4)nc(-c4ccc(-c5ccccc5)cc4)n3)c3ccccc23)cc1. The van der Waals surface area contributed by atoms with E-state index in [1.807, 2.05) is 218 Å². The Morgan fingerprint density at radius 2 is 0.571 bits per heavy atom. The molecule has 0 spiro atoms. The highest BCUT2D eigenvalue weighted by Gasteiger charge is 2.52. The first-order valence-electron chi connectivity index (χ1n) is 39.6. The number of fused-ring (bicyclic) bond motifs is 2. The van der Waals surface area contributed by atoms with Gasteiger partial charge in [-0.15, -0.1) is 0 Å². The van der Waals surface area contributed by atoms with Crippen LogP contribution in [0.25, 0.3) is 123 Å². The van der Waals surface area contributed by atoms with Gasteiger partial charge in [0.1, 0.15) is 0 Å². The van der Waals surface area contributed by atoms with Crippen LogP contribution in [0.5, 0.6) is 0 Å². The van der Waals surface area contributed by atoms with Crippen LogP contribution in [-0.4, -0.2) is 48.2 Å². The normalized spacial score (nSPS) is 13.8. The zero-order valence-electron chi connectivity index (χ0n) is 65.7. The molecule has 1 aliphatic carbocycles. The van der Waals surface area contributed by atoms with Crippen molar-refractivity contribution in [2.75, 3.05) is 0 Å². The quantitative estimate of drug-likeness (QED) is 0.0681. The zero-order valence-corrected chi connectivity index (χ0v) is 68.2. The van der Waals surface area contributed by atoms with E-state index in [0.717, 1.165) is 138 Å². The first-order chi connectivity index (χ1) is 57.6. The maximum atomic E-state index is 15.0. The molecule has 580 valence electrons. The molecule has 17 aromatic rings. The van der Waals surface area contributed by atoms with Crippen LogP contribution in [0.15, 0.2) is 406 Å². The Balaban J connectivity index is 0.000000142. The van der Waals surface area contributed by atoms with E-state index >= 15 is 4.57 Å². The van der Waals surface area contributed by atoms with Gasteiger partial charge >= 0.3 is 7.12 Å². The van der Waals surface area contributed by atoms with Crippen LogP contribution < -0.4 is 32.0 Å². The van der Waals surface area contributed by atoms with Crippen molar-refractivity contribution in [1.82, 2.24) is 29.9 Å². The van der Waals surface area contributed by atoms with Gasteiger partial charge in [0, 0.05) is 59.7 Å². The van der Waals surface area contributed by atoms with Gasteiger partial charge in [-0.05, 0) is 130 Å². The lowest BCUT2D eigenvalue weighted by Gasteiger charge is -2.32. The van der Waals surface area contributed by atoms with Crippen LogP contribution in [0.4, 0.5) is 0 Å². The second-order valence-electron chi connectivity index (χ2n) is 30.1. The van der Waals surface area contributed by atoms with E-state index in [1.165, 1.54) is 5.56 Å². The highest BCUT2D eigenvalue weighted by molar-refractivity contribution is 7.85. The van der Waals surface area contributed by atoms with Crippen LogP contribution in [0, 0.1) is 0 Å². The second-order valence-corrected chi connectivity index (χ2v) is 36.0. The van der Waals surface area contributed by atoms with Crippen molar-refractivity contribution < 1.29 is 18.4 Å². The van der Waals surface area contributed by atoms with E-state index in [2.05, 4.69) is 225 Å². The van der Waals surface area contributed by atoms with Gasteiger partial charge in [-0.1, -0.05) is 402 Å².